The number of amides is 2. The maximum absolute atomic E-state index is 13.6. The number of ether oxygens (including phenoxy) is 3. The van der Waals surface area contributed by atoms with Gasteiger partial charge in [0.25, 0.3) is 5.91 Å². The summed E-state index contributed by atoms with van der Waals surface area (Å²) in [6.07, 6.45) is -2.41. The first-order valence-electron chi connectivity index (χ1n) is 14.3. The molecule has 6 rings (SSSR count). The van der Waals surface area contributed by atoms with Gasteiger partial charge < -0.3 is 23.7 Å². The van der Waals surface area contributed by atoms with E-state index in [0.29, 0.717) is 36.7 Å². The van der Waals surface area contributed by atoms with Crippen LogP contribution in [0.15, 0.2) is 88.7 Å². The number of thiophene rings is 1. The van der Waals surface area contributed by atoms with E-state index in [4.69, 9.17) is 18.6 Å². The van der Waals surface area contributed by atoms with Crippen LogP contribution in [0.1, 0.15) is 28.7 Å². The second kappa shape index (κ2) is 13.0. The molecule has 3 aromatic carbocycles. The lowest BCUT2D eigenvalue weighted by atomic mass is 9.98. The van der Waals surface area contributed by atoms with Crippen LogP contribution in [0.2, 0.25) is 0 Å². The van der Waals surface area contributed by atoms with Crippen molar-refractivity contribution in [2.75, 3.05) is 20.3 Å². The van der Waals surface area contributed by atoms with Crippen molar-refractivity contribution in [3.05, 3.63) is 107 Å². The van der Waals surface area contributed by atoms with Crippen molar-refractivity contribution in [3.8, 4) is 17.2 Å². The minimum Gasteiger partial charge on any atom is -0.492 e. The van der Waals surface area contributed by atoms with Crippen molar-refractivity contribution >= 4 is 33.4 Å². The number of hydrogen-bond acceptors (Lipinski definition) is 9. The Morgan fingerprint density at radius 2 is 1.84 bits per heavy atom. The lowest BCUT2D eigenvalue weighted by Gasteiger charge is -2.27. The minimum atomic E-state index is -1.33. The van der Waals surface area contributed by atoms with Crippen molar-refractivity contribution in [2.45, 2.75) is 38.0 Å². The molecule has 3 heterocycles. The number of fused-ring (bicyclic) bond motifs is 1. The van der Waals surface area contributed by atoms with Gasteiger partial charge in [0.05, 0.1) is 23.0 Å². The summed E-state index contributed by atoms with van der Waals surface area (Å²) in [7, 11) is 1.34. The normalized spacial score (nSPS) is 16.2. The van der Waals surface area contributed by atoms with Crippen molar-refractivity contribution in [3.63, 3.8) is 0 Å². The minimum absolute atomic E-state index is 0.0776. The number of aliphatic hydroxyl groups is 1. The number of aryl methyl sites for hydroxylation is 1. The summed E-state index contributed by atoms with van der Waals surface area (Å²) in [4.78, 5) is 32.0. The molecule has 226 valence electrons. The molecule has 1 fully saturated rings. The fraction of sp³-hybridized carbons (Fsp3) is 0.265. The fourth-order valence-corrected chi connectivity index (χ4v) is 6.38. The summed E-state index contributed by atoms with van der Waals surface area (Å²) in [6, 6.07) is 24.2. The molecule has 0 unspecified atom stereocenters. The molecule has 0 spiro atoms. The summed E-state index contributed by atoms with van der Waals surface area (Å²) < 4.78 is 23.6. The van der Waals surface area contributed by atoms with Gasteiger partial charge in [0, 0.05) is 24.5 Å². The Morgan fingerprint density at radius 3 is 2.59 bits per heavy atom. The molecule has 0 bridgehead atoms. The molecule has 1 aliphatic heterocycles. The predicted molar refractivity (Wildman–Crippen MR) is 166 cm³/mol. The topological polar surface area (TPSA) is 111 Å². The van der Waals surface area contributed by atoms with E-state index in [2.05, 4.69) is 4.98 Å². The van der Waals surface area contributed by atoms with E-state index in [0.717, 1.165) is 37.6 Å². The number of hydrogen-bond donors (Lipinski definition) is 1. The Morgan fingerprint density at radius 1 is 1.09 bits per heavy atom. The number of aromatic nitrogens is 1. The molecule has 9 nitrogen and oxygen atoms in total. The largest absolute Gasteiger partial charge is 0.492 e. The number of nitrogens with zero attached hydrogens (tertiary/aromatic N) is 2. The van der Waals surface area contributed by atoms with Crippen LogP contribution in [-0.2, 0) is 27.1 Å². The highest BCUT2D eigenvalue weighted by Gasteiger charge is 2.43. The molecule has 3 atom stereocenters. The van der Waals surface area contributed by atoms with Crippen LogP contribution in [-0.4, -0.2) is 59.5 Å². The standard InChI is InChI=1S/C34H32N2O7S/c1-21-27(35-32(43-21)23-11-7-4-8-12-23)15-17-41-28-14-13-25(26-16-18-44-31(26)28)29(37)30(40-2)33(38)36-24(20-42-34(36)39)19-22-9-5-3-6-10-22/h3-14,16,18,24,29-30,37H,15,17,19-20H2,1-2H3/t24-,29+,30-/m0/s1. The van der Waals surface area contributed by atoms with E-state index >= 15 is 0 Å². The summed E-state index contributed by atoms with van der Waals surface area (Å²) >= 11 is 1.47. The molecule has 0 radical (unpaired) electrons. The smallest absolute Gasteiger partial charge is 0.417 e. The lowest BCUT2D eigenvalue weighted by molar-refractivity contribution is -0.147. The van der Waals surface area contributed by atoms with Crippen LogP contribution < -0.4 is 4.74 Å². The van der Waals surface area contributed by atoms with Gasteiger partial charge >= 0.3 is 6.09 Å². The Balaban J connectivity index is 1.16. The maximum atomic E-state index is 13.6. The van der Waals surface area contributed by atoms with Crippen LogP contribution in [0, 0.1) is 6.92 Å². The van der Waals surface area contributed by atoms with Crippen LogP contribution in [0.3, 0.4) is 0 Å². The first kappa shape index (κ1) is 29.6. The van der Waals surface area contributed by atoms with Crippen molar-refractivity contribution < 1.29 is 33.3 Å². The van der Waals surface area contributed by atoms with Crippen molar-refractivity contribution in [1.29, 1.82) is 0 Å². The van der Waals surface area contributed by atoms with E-state index in [1.54, 1.807) is 12.1 Å². The Labute approximate surface area is 258 Å². The first-order chi connectivity index (χ1) is 21.4. The molecular weight excluding hydrogens is 580 g/mol. The van der Waals surface area contributed by atoms with Crippen LogP contribution in [0.4, 0.5) is 4.79 Å². The summed E-state index contributed by atoms with van der Waals surface area (Å²) in [5, 5.41) is 14.1. The van der Waals surface area contributed by atoms with Gasteiger partial charge in [-0.2, -0.15) is 0 Å². The Bertz CT molecular complexity index is 1750. The van der Waals surface area contributed by atoms with Gasteiger partial charge in [0.1, 0.15) is 24.2 Å². The third kappa shape index (κ3) is 5.96. The zero-order valence-electron chi connectivity index (χ0n) is 24.3. The van der Waals surface area contributed by atoms with Crippen LogP contribution in [0.5, 0.6) is 5.75 Å². The number of imide groups is 1. The Hall–Kier alpha value is -4.51. The lowest BCUT2D eigenvalue weighted by Crippen LogP contribution is -2.48. The molecule has 2 aromatic heterocycles. The van der Waals surface area contributed by atoms with Crippen molar-refractivity contribution in [2.24, 2.45) is 0 Å². The Kier molecular flexibility index (Phi) is 8.74. The molecule has 2 amide bonds. The monoisotopic (exact) mass is 612 g/mol. The average molecular weight is 613 g/mol. The van der Waals surface area contributed by atoms with E-state index in [1.165, 1.54) is 18.4 Å². The highest BCUT2D eigenvalue weighted by Crippen LogP contribution is 2.38. The second-order valence-corrected chi connectivity index (χ2v) is 11.4. The van der Waals surface area contributed by atoms with E-state index < -0.39 is 30.3 Å². The molecule has 0 aliphatic carbocycles. The number of carbonyl (C=O) groups excluding carboxylic acids is 2. The highest BCUT2D eigenvalue weighted by molar-refractivity contribution is 7.17. The molecule has 1 N–H and O–H groups in total. The van der Waals surface area contributed by atoms with Gasteiger partial charge in [-0.3, -0.25) is 4.79 Å². The zero-order chi connectivity index (χ0) is 30.6. The molecule has 5 aromatic rings. The van der Waals surface area contributed by atoms with Gasteiger partial charge in [0.2, 0.25) is 5.89 Å². The number of carbonyl (C=O) groups is 2. The summed E-state index contributed by atoms with van der Waals surface area (Å²) in [6.45, 7) is 2.34. The van der Waals surface area contributed by atoms with E-state index in [1.807, 2.05) is 79.0 Å². The average Bonchev–Trinajstić information content (AvgIpc) is 3.77. The molecule has 44 heavy (non-hydrogen) atoms. The van der Waals surface area contributed by atoms with E-state index in [9.17, 15) is 14.7 Å². The maximum Gasteiger partial charge on any atom is 0.417 e. The van der Waals surface area contributed by atoms with Gasteiger partial charge in [-0.15, -0.1) is 11.3 Å². The molecule has 1 aliphatic rings. The highest BCUT2D eigenvalue weighted by atomic mass is 32.1. The van der Waals surface area contributed by atoms with Gasteiger partial charge in [0.15, 0.2) is 6.10 Å². The van der Waals surface area contributed by atoms with E-state index in [-0.39, 0.29) is 6.61 Å². The molecular formula is C34H32N2O7S. The number of cyclic esters (lactones) is 1. The zero-order valence-corrected chi connectivity index (χ0v) is 25.2. The number of methoxy groups -OCH3 is 1. The SMILES string of the molecule is CO[C@H](C(=O)N1C(=O)OC[C@@H]1Cc1ccccc1)[C@H](O)c1ccc(OCCc2nc(-c3ccccc3)oc2C)c2sccc12. The van der Waals surface area contributed by atoms with Gasteiger partial charge in [-0.1, -0.05) is 54.6 Å². The van der Waals surface area contributed by atoms with Crippen LogP contribution >= 0.6 is 11.3 Å². The number of aliphatic hydroxyl groups excluding tert-OH is 1. The predicted octanol–water partition coefficient (Wildman–Crippen LogP) is 6.12. The molecule has 10 heteroatoms. The van der Waals surface area contributed by atoms with Crippen molar-refractivity contribution in [1.82, 2.24) is 9.88 Å². The second-order valence-electron chi connectivity index (χ2n) is 10.5. The van der Waals surface area contributed by atoms with Gasteiger partial charge in [-0.05, 0) is 54.1 Å². The quantitative estimate of drug-likeness (QED) is 0.190. The van der Waals surface area contributed by atoms with Crippen LogP contribution in [0.25, 0.3) is 21.5 Å². The summed E-state index contributed by atoms with van der Waals surface area (Å²) in [5.74, 6) is 1.33. The molecule has 0 saturated carbocycles. The number of benzene rings is 3. The molecule has 1 saturated heterocycles. The summed E-state index contributed by atoms with van der Waals surface area (Å²) in [5.41, 5.74) is 3.21. The fourth-order valence-electron chi connectivity index (χ4n) is 5.48. The number of rotatable bonds is 11. The third-order valence-corrected chi connectivity index (χ3v) is 8.67. The number of oxazole rings is 1. The third-order valence-electron chi connectivity index (χ3n) is 7.74. The first-order valence-corrected chi connectivity index (χ1v) is 15.2. The van der Waals surface area contributed by atoms with Gasteiger partial charge in [-0.25, -0.2) is 14.7 Å².